The monoisotopic (exact) mass is 278 g/mol. The first-order chi connectivity index (χ1) is 9.40. The van der Waals surface area contributed by atoms with Crippen LogP contribution in [0.2, 0.25) is 0 Å². The lowest BCUT2D eigenvalue weighted by atomic mass is 9.84. The lowest BCUT2D eigenvalue weighted by molar-refractivity contribution is -0.129. The van der Waals surface area contributed by atoms with E-state index in [1.807, 2.05) is 45.0 Å². The highest BCUT2D eigenvalue weighted by Crippen LogP contribution is 2.27. The minimum Gasteiger partial charge on any atom is -0.496 e. The first-order valence-corrected chi connectivity index (χ1v) is 7.01. The van der Waals surface area contributed by atoms with Gasteiger partial charge >= 0.3 is 0 Å². The Labute approximate surface area is 121 Å². The third kappa shape index (κ3) is 4.53. The topological polar surface area (TPSA) is 64.3 Å². The Balaban J connectivity index is 2.70. The molecule has 0 fully saturated rings. The highest BCUT2D eigenvalue weighted by atomic mass is 16.5. The number of rotatable bonds is 7. The lowest BCUT2D eigenvalue weighted by Crippen LogP contribution is -2.41. The second-order valence-corrected chi connectivity index (χ2v) is 5.92. The van der Waals surface area contributed by atoms with Crippen molar-refractivity contribution in [3.05, 3.63) is 29.8 Å². The molecule has 1 aromatic carbocycles. The van der Waals surface area contributed by atoms with Gasteiger partial charge in [-0.1, -0.05) is 39.0 Å². The number of methoxy groups -OCH3 is 1. The third-order valence-electron chi connectivity index (χ3n) is 3.45. The summed E-state index contributed by atoms with van der Waals surface area (Å²) in [5, 5.41) is 2.97. The Morgan fingerprint density at radius 1 is 1.40 bits per heavy atom. The highest BCUT2D eigenvalue weighted by molar-refractivity contribution is 5.82. The van der Waals surface area contributed by atoms with Gasteiger partial charge in [-0.25, -0.2) is 0 Å². The quantitative estimate of drug-likeness (QED) is 0.801. The van der Waals surface area contributed by atoms with Crippen LogP contribution in [-0.4, -0.2) is 26.1 Å². The Morgan fingerprint density at radius 2 is 2.05 bits per heavy atom. The van der Waals surface area contributed by atoms with E-state index < -0.39 is 5.41 Å². The summed E-state index contributed by atoms with van der Waals surface area (Å²) in [5.74, 6) is 1.16. The maximum atomic E-state index is 12.3. The van der Waals surface area contributed by atoms with E-state index in [4.69, 9.17) is 10.5 Å². The molecule has 0 radical (unpaired) electrons. The van der Waals surface area contributed by atoms with Crippen molar-refractivity contribution in [2.45, 2.75) is 27.2 Å². The van der Waals surface area contributed by atoms with Gasteiger partial charge in [0.1, 0.15) is 5.75 Å². The molecule has 1 rings (SSSR count). The first kappa shape index (κ1) is 16.5. The molecule has 1 atom stereocenters. The average Bonchev–Trinajstić information content (AvgIpc) is 2.44. The van der Waals surface area contributed by atoms with Crippen LogP contribution in [0.4, 0.5) is 0 Å². The van der Waals surface area contributed by atoms with E-state index in [0.717, 1.165) is 11.3 Å². The van der Waals surface area contributed by atoms with Gasteiger partial charge in [-0.05, 0) is 30.5 Å². The predicted molar refractivity (Wildman–Crippen MR) is 81.7 cm³/mol. The van der Waals surface area contributed by atoms with E-state index in [-0.39, 0.29) is 5.91 Å². The van der Waals surface area contributed by atoms with Gasteiger partial charge in [0.05, 0.1) is 7.11 Å². The summed E-state index contributed by atoms with van der Waals surface area (Å²) in [6, 6.07) is 7.80. The van der Waals surface area contributed by atoms with Gasteiger partial charge in [-0.15, -0.1) is 0 Å². The molecule has 1 unspecified atom stereocenters. The van der Waals surface area contributed by atoms with Crippen LogP contribution in [0, 0.1) is 11.3 Å². The van der Waals surface area contributed by atoms with Crippen LogP contribution >= 0.6 is 0 Å². The minimum absolute atomic E-state index is 0.0451. The number of nitrogens with one attached hydrogen (secondary N) is 1. The van der Waals surface area contributed by atoms with Crippen LogP contribution in [0.15, 0.2) is 24.3 Å². The van der Waals surface area contributed by atoms with Crippen LogP contribution in [0.3, 0.4) is 0 Å². The highest BCUT2D eigenvalue weighted by Gasteiger charge is 2.28. The fourth-order valence-corrected chi connectivity index (χ4v) is 1.99. The predicted octanol–water partition coefficient (Wildman–Crippen LogP) is 1.97. The SMILES string of the molecule is COc1ccccc1CC(C)(C)C(=O)NCC(C)CN. The summed E-state index contributed by atoms with van der Waals surface area (Å²) >= 11 is 0. The fraction of sp³-hybridized carbons (Fsp3) is 0.562. The van der Waals surface area contributed by atoms with Crippen LogP contribution in [0.1, 0.15) is 26.3 Å². The molecule has 0 saturated carbocycles. The number of carbonyl (C=O) groups excluding carboxylic acids is 1. The molecule has 1 amide bonds. The van der Waals surface area contributed by atoms with Crippen LogP contribution in [-0.2, 0) is 11.2 Å². The minimum atomic E-state index is -0.483. The van der Waals surface area contributed by atoms with Crippen molar-refractivity contribution in [3.63, 3.8) is 0 Å². The number of amides is 1. The zero-order chi connectivity index (χ0) is 15.2. The number of carbonyl (C=O) groups is 1. The molecule has 0 spiro atoms. The normalized spacial score (nSPS) is 12.8. The molecule has 0 bridgehead atoms. The molecule has 0 aromatic heterocycles. The van der Waals surface area contributed by atoms with Crippen molar-refractivity contribution < 1.29 is 9.53 Å². The molecule has 1 aromatic rings. The first-order valence-electron chi connectivity index (χ1n) is 7.01. The van der Waals surface area contributed by atoms with Crippen molar-refractivity contribution in [1.82, 2.24) is 5.32 Å². The molecule has 0 heterocycles. The maximum Gasteiger partial charge on any atom is 0.226 e. The number of nitrogens with two attached hydrogens (primary N) is 1. The Kier molecular flexibility index (Phi) is 6.02. The molecule has 4 heteroatoms. The van der Waals surface area contributed by atoms with E-state index in [2.05, 4.69) is 5.32 Å². The lowest BCUT2D eigenvalue weighted by Gasteiger charge is -2.25. The third-order valence-corrected chi connectivity index (χ3v) is 3.45. The molecule has 20 heavy (non-hydrogen) atoms. The standard InChI is InChI=1S/C16H26N2O2/c1-12(10-17)11-18-15(19)16(2,3)9-13-7-5-6-8-14(13)20-4/h5-8,12H,9-11,17H2,1-4H3,(H,18,19). The molecule has 112 valence electrons. The summed E-state index contributed by atoms with van der Waals surface area (Å²) in [6.07, 6.45) is 0.639. The zero-order valence-electron chi connectivity index (χ0n) is 12.9. The molecule has 0 aliphatic rings. The van der Waals surface area contributed by atoms with Crippen molar-refractivity contribution in [2.75, 3.05) is 20.2 Å². The summed E-state index contributed by atoms with van der Waals surface area (Å²) in [6.45, 7) is 7.11. The average molecular weight is 278 g/mol. The van der Waals surface area contributed by atoms with E-state index in [9.17, 15) is 4.79 Å². The van der Waals surface area contributed by atoms with E-state index in [1.165, 1.54) is 0 Å². The summed E-state index contributed by atoms with van der Waals surface area (Å²) in [7, 11) is 1.65. The van der Waals surface area contributed by atoms with Crippen LogP contribution in [0.5, 0.6) is 5.75 Å². The smallest absolute Gasteiger partial charge is 0.226 e. The number of benzene rings is 1. The molecule has 0 saturated heterocycles. The van der Waals surface area contributed by atoms with Crippen molar-refractivity contribution in [2.24, 2.45) is 17.1 Å². The summed E-state index contributed by atoms with van der Waals surface area (Å²) < 4.78 is 5.34. The maximum absolute atomic E-state index is 12.3. The molecule has 0 aliphatic carbocycles. The van der Waals surface area contributed by atoms with Crippen molar-refractivity contribution in [1.29, 1.82) is 0 Å². The zero-order valence-corrected chi connectivity index (χ0v) is 12.9. The Morgan fingerprint density at radius 3 is 2.65 bits per heavy atom. The molecule has 4 nitrogen and oxygen atoms in total. The van der Waals surface area contributed by atoms with Crippen LogP contribution in [0.25, 0.3) is 0 Å². The number of para-hydroxylation sites is 1. The second-order valence-electron chi connectivity index (χ2n) is 5.92. The molecule has 3 N–H and O–H groups in total. The van der Waals surface area contributed by atoms with Gasteiger partial charge in [0.15, 0.2) is 0 Å². The fourth-order valence-electron chi connectivity index (χ4n) is 1.99. The van der Waals surface area contributed by atoms with Crippen molar-refractivity contribution in [3.8, 4) is 5.75 Å². The molecule has 0 aliphatic heterocycles. The Hall–Kier alpha value is -1.55. The van der Waals surface area contributed by atoms with Gasteiger partial charge in [0.2, 0.25) is 5.91 Å². The van der Waals surface area contributed by atoms with Gasteiger partial charge in [-0.2, -0.15) is 0 Å². The van der Waals surface area contributed by atoms with Gasteiger partial charge in [0, 0.05) is 12.0 Å². The number of ether oxygens (including phenoxy) is 1. The van der Waals surface area contributed by atoms with E-state index in [0.29, 0.717) is 25.4 Å². The van der Waals surface area contributed by atoms with Crippen LogP contribution < -0.4 is 15.8 Å². The van der Waals surface area contributed by atoms with Gasteiger partial charge < -0.3 is 15.8 Å². The van der Waals surface area contributed by atoms with Gasteiger partial charge in [-0.3, -0.25) is 4.79 Å². The summed E-state index contributed by atoms with van der Waals surface area (Å²) in [4.78, 5) is 12.3. The molecular weight excluding hydrogens is 252 g/mol. The Bertz CT molecular complexity index is 444. The molecular formula is C16H26N2O2. The summed E-state index contributed by atoms with van der Waals surface area (Å²) in [5.41, 5.74) is 6.12. The van der Waals surface area contributed by atoms with E-state index >= 15 is 0 Å². The second kappa shape index (κ2) is 7.29. The van der Waals surface area contributed by atoms with E-state index in [1.54, 1.807) is 7.11 Å². The largest absolute Gasteiger partial charge is 0.496 e. The van der Waals surface area contributed by atoms with Crippen molar-refractivity contribution >= 4 is 5.91 Å². The number of hydrogen-bond acceptors (Lipinski definition) is 3. The van der Waals surface area contributed by atoms with Gasteiger partial charge in [0.25, 0.3) is 0 Å². The number of hydrogen-bond donors (Lipinski definition) is 2.